The van der Waals surface area contributed by atoms with Gasteiger partial charge >= 0.3 is 0 Å². The largest absolute Gasteiger partial charge is 0.391 e. The van der Waals surface area contributed by atoms with Crippen LogP contribution in [0.2, 0.25) is 0 Å². The zero-order chi connectivity index (χ0) is 9.97. The van der Waals surface area contributed by atoms with Gasteiger partial charge in [0.1, 0.15) is 6.10 Å². The Morgan fingerprint density at radius 2 is 2.21 bits per heavy atom. The van der Waals surface area contributed by atoms with E-state index in [1.54, 1.807) is 4.90 Å². The SMILES string of the molecule is O=C(C1CCCCO1)N1CCC(O)C1. The normalized spacial score (nSPS) is 33.4. The van der Waals surface area contributed by atoms with E-state index in [2.05, 4.69) is 0 Å². The topological polar surface area (TPSA) is 49.8 Å². The Hall–Kier alpha value is -0.610. The summed E-state index contributed by atoms with van der Waals surface area (Å²) in [5.74, 6) is 0.0706. The number of hydrogen-bond acceptors (Lipinski definition) is 3. The van der Waals surface area contributed by atoms with Gasteiger partial charge in [0.25, 0.3) is 5.91 Å². The number of carbonyl (C=O) groups excluding carboxylic acids is 1. The quantitative estimate of drug-likeness (QED) is 0.654. The molecule has 2 fully saturated rings. The number of aliphatic hydroxyl groups excluding tert-OH is 1. The van der Waals surface area contributed by atoms with Crippen LogP contribution in [-0.2, 0) is 9.53 Å². The minimum absolute atomic E-state index is 0.0706. The maximum absolute atomic E-state index is 11.8. The molecule has 4 nitrogen and oxygen atoms in total. The standard InChI is InChI=1S/C10H17NO3/c12-8-4-5-11(7-8)10(13)9-3-1-2-6-14-9/h8-9,12H,1-7H2. The molecule has 0 spiro atoms. The van der Waals surface area contributed by atoms with E-state index >= 15 is 0 Å². The fourth-order valence-electron chi connectivity index (χ4n) is 2.08. The summed E-state index contributed by atoms with van der Waals surface area (Å²) in [5, 5.41) is 9.31. The van der Waals surface area contributed by atoms with Crippen LogP contribution in [-0.4, -0.2) is 47.8 Å². The van der Waals surface area contributed by atoms with Crippen LogP contribution in [0, 0.1) is 0 Å². The average molecular weight is 199 g/mol. The van der Waals surface area contributed by atoms with Gasteiger partial charge in [-0.1, -0.05) is 0 Å². The summed E-state index contributed by atoms with van der Waals surface area (Å²) in [6.07, 6.45) is 3.11. The molecule has 2 rings (SSSR count). The Bertz CT molecular complexity index is 207. The van der Waals surface area contributed by atoms with Crippen molar-refractivity contribution in [1.29, 1.82) is 0 Å². The molecule has 2 aliphatic rings. The van der Waals surface area contributed by atoms with Gasteiger partial charge in [0.15, 0.2) is 0 Å². The van der Waals surface area contributed by atoms with Crippen molar-refractivity contribution < 1.29 is 14.6 Å². The van der Waals surface area contributed by atoms with Crippen molar-refractivity contribution in [3.63, 3.8) is 0 Å². The predicted octanol–water partition coefficient (Wildman–Crippen LogP) is 0.149. The summed E-state index contributed by atoms with van der Waals surface area (Å²) >= 11 is 0. The molecule has 0 saturated carbocycles. The van der Waals surface area contributed by atoms with Crippen LogP contribution < -0.4 is 0 Å². The number of nitrogens with zero attached hydrogens (tertiary/aromatic N) is 1. The Morgan fingerprint density at radius 1 is 1.36 bits per heavy atom. The van der Waals surface area contributed by atoms with Crippen molar-refractivity contribution in [3.8, 4) is 0 Å². The van der Waals surface area contributed by atoms with Gasteiger partial charge in [-0.05, 0) is 25.7 Å². The zero-order valence-corrected chi connectivity index (χ0v) is 8.32. The summed E-state index contributed by atoms with van der Waals surface area (Å²) in [6.45, 7) is 1.87. The summed E-state index contributed by atoms with van der Waals surface area (Å²) in [4.78, 5) is 13.6. The third-order valence-electron chi connectivity index (χ3n) is 2.93. The lowest BCUT2D eigenvalue weighted by Gasteiger charge is -2.26. The Balaban J connectivity index is 1.87. The molecule has 2 atom stereocenters. The monoisotopic (exact) mass is 199 g/mol. The Labute approximate surface area is 83.8 Å². The van der Waals surface area contributed by atoms with Crippen LogP contribution >= 0.6 is 0 Å². The lowest BCUT2D eigenvalue weighted by molar-refractivity contribution is -0.145. The van der Waals surface area contributed by atoms with Gasteiger partial charge in [-0.15, -0.1) is 0 Å². The van der Waals surface area contributed by atoms with Gasteiger partial charge < -0.3 is 14.7 Å². The third-order valence-corrected chi connectivity index (χ3v) is 2.93. The molecular weight excluding hydrogens is 182 g/mol. The molecule has 0 bridgehead atoms. The van der Waals surface area contributed by atoms with E-state index in [0.717, 1.165) is 19.3 Å². The van der Waals surface area contributed by atoms with Gasteiger partial charge in [0, 0.05) is 19.7 Å². The first-order valence-corrected chi connectivity index (χ1v) is 5.36. The maximum Gasteiger partial charge on any atom is 0.251 e. The van der Waals surface area contributed by atoms with Gasteiger partial charge in [0.2, 0.25) is 0 Å². The minimum atomic E-state index is -0.331. The van der Waals surface area contributed by atoms with Crippen molar-refractivity contribution in [1.82, 2.24) is 4.90 Å². The lowest BCUT2D eigenvalue weighted by atomic mass is 10.1. The van der Waals surface area contributed by atoms with E-state index in [1.807, 2.05) is 0 Å². The first kappa shape index (κ1) is 9.93. The highest BCUT2D eigenvalue weighted by atomic mass is 16.5. The van der Waals surface area contributed by atoms with E-state index < -0.39 is 0 Å². The number of amides is 1. The first-order valence-electron chi connectivity index (χ1n) is 5.36. The number of hydrogen-bond donors (Lipinski definition) is 1. The lowest BCUT2D eigenvalue weighted by Crippen LogP contribution is -2.41. The van der Waals surface area contributed by atoms with Crippen molar-refractivity contribution >= 4 is 5.91 Å². The number of likely N-dealkylation sites (tertiary alicyclic amines) is 1. The van der Waals surface area contributed by atoms with Gasteiger partial charge in [0.05, 0.1) is 6.10 Å². The molecule has 2 unspecified atom stereocenters. The maximum atomic E-state index is 11.8. The highest BCUT2D eigenvalue weighted by Gasteiger charge is 2.31. The number of ether oxygens (including phenoxy) is 1. The third kappa shape index (κ3) is 2.07. The van der Waals surface area contributed by atoms with E-state index in [9.17, 15) is 9.90 Å². The molecule has 14 heavy (non-hydrogen) atoms. The molecule has 4 heteroatoms. The van der Waals surface area contributed by atoms with Crippen molar-refractivity contribution in [3.05, 3.63) is 0 Å². The molecule has 2 heterocycles. The van der Waals surface area contributed by atoms with Gasteiger partial charge in [-0.25, -0.2) is 0 Å². The summed E-state index contributed by atoms with van der Waals surface area (Å²) in [7, 11) is 0. The van der Waals surface area contributed by atoms with Crippen molar-refractivity contribution in [2.75, 3.05) is 19.7 Å². The Kier molecular flexibility index (Phi) is 3.03. The summed E-state index contributed by atoms with van der Waals surface area (Å²) in [6, 6.07) is 0. The second kappa shape index (κ2) is 4.28. The molecule has 1 N–H and O–H groups in total. The van der Waals surface area contributed by atoms with E-state index in [0.29, 0.717) is 26.1 Å². The van der Waals surface area contributed by atoms with E-state index in [1.165, 1.54) is 0 Å². The van der Waals surface area contributed by atoms with E-state index in [4.69, 9.17) is 4.74 Å². The smallest absolute Gasteiger partial charge is 0.251 e. The number of rotatable bonds is 1. The molecule has 0 aromatic heterocycles. The molecule has 0 aromatic rings. The molecule has 2 saturated heterocycles. The molecule has 0 aromatic carbocycles. The van der Waals surface area contributed by atoms with Crippen molar-refractivity contribution in [2.45, 2.75) is 37.9 Å². The molecule has 80 valence electrons. The van der Waals surface area contributed by atoms with Gasteiger partial charge in [-0.3, -0.25) is 4.79 Å². The molecule has 0 aliphatic carbocycles. The van der Waals surface area contributed by atoms with Crippen LogP contribution in [0.3, 0.4) is 0 Å². The zero-order valence-electron chi connectivity index (χ0n) is 8.32. The van der Waals surface area contributed by atoms with Crippen molar-refractivity contribution in [2.24, 2.45) is 0 Å². The minimum Gasteiger partial charge on any atom is -0.391 e. The fourth-order valence-corrected chi connectivity index (χ4v) is 2.08. The van der Waals surface area contributed by atoms with Crippen LogP contribution in [0.25, 0.3) is 0 Å². The first-order chi connectivity index (χ1) is 6.77. The molecule has 0 radical (unpaired) electrons. The van der Waals surface area contributed by atoms with Crippen LogP contribution in [0.15, 0.2) is 0 Å². The fraction of sp³-hybridized carbons (Fsp3) is 0.900. The highest BCUT2D eigenvalue weighted by molar-refractivity contribution is 5.81. The highest BCUT2D eigenvalue weighted by Crippen LogP contribution is 2.18. The second-order valence-corrected chi connectivity index (χ2v) is 4.08. The van der Waals surface area contributed by atoms with Crippen LogP contribution in [0.5, 0.6) is 0 Å². The van der Waals surface area contributed by atoms with Gasteiger partial charge in [-0.2, -0.15) is 0 Å². The van der Waals surface area contributed by atoms with Crippen LogP contribution in [0.4, 0.5) is 0 Å². The summed E-state index contributed by atoms with van der Waals surface area (Å²) < 4.78 is 5.41. The summed E-state index contributed by atoms with van der Waals surface area (Å²) in [5.41, 5.74) is 0. The number of β-amino-alcohol motifs (C(OH)–C–C–N with tert-alkyl or cyclic N) is 1. The molecular formula is C10H17NO3. The molecule has 2 aliphatic heterocycles. The van der Waals surface area contributed by atoms with Crippen LogP contribution in [0.1, 0.15) is 25.7 Å². The number of aliphatic hydroxyl groups is 1. The predicted molar refractivity (Wildman–Crippen MR) is 50.8 cm³/mol. The number of carbonyl (C=O) groups is 1. The second-order valence-electron chi connectivity index (χ2n) is 4.08. The average Bonchev–Trinajstić information content (AvgIpc) is 2.65. The molecule has 1 amide bonds. The van der Waals surface area contributed by atoms with E-state index in [-0.39, 0.29) is 18.1 Å². The Morgan fingerprint density at radius 3 is 2.79 bits per heavy atom.